The highest BCUT2D eigenvalue weighted by Crippen LogP contribution is 2.22. The minimum atomic E-state index is -0.654. The average Bonchev–Trinajstić information content (AvgIpc) is 3.21. The van der Waals surface area contributed by atoms with Crippen molar-refractivity contribution in [3.8, 4) is 0 Å². The van der Waals surface area contributed by atoms with Crippen LogP contribution < -0.4 is 5.56 Å². The van der Waals surface area contributed by atoms with E-state index in [-0.39, 0.29) is 41.3 Å². The molecule has 0 saturated carbocycles. The zero-order chi connectivity index (χ0) is 18.8. The molecule has 3 aromatic rings. The predicted molar refractivity (Wildman–Crippen MR) is 88.1 cm³/mol. The fourth-order valence-electron chi connectivity index (χ4n) is 2.61. The summed E-state index contributed by atoms with van der Waals surface area (Å²) in [6.45, 7) is 3.40. The molecule has 0 fully saturated rings. The van der Waals surface area contributed by atoms with Crippen LogP contribution in [0.2, 0.25) is 0 Å². The Morgan fingerprint density at radius 3 is 2.77 bits per heavy atom. The van der Waals surface area contributed by atoms with Crippen molar-refractivity contribution >= 4 is 23.0 Å². The van der Waals surface area contributed by atoms with Crippen molar-refractivity contribution in [3.05, 3.63) is 51.7 Å². The number of carbonyl (C=O) groups is 2. The lowest BCUT2D eigenvalue weighted by Gasteiger charge is -2.05. The zero-order valence-corrected chi connectivity index (χ0v) is 14.4. The molecule has 3 aromatic heterocycles. The van der Waals surface area contributed by atoms with Gasteiger partial charge in [-0.05, 0) is 19.9 Å². The molecule has 3 rings (SSSR count). The second kappa shape index (κ2) is 6.87. The first-order valence-corrected chi connectivity index (χ1v) is 7.78. The lowest BCUT2D eigenvalue weighted by Crippen LogP contribution is -2.23. The van der Waals surface area contributed by atoms with Crippen LogP contribution in [0.4, 0.5) is 0 Å². The number of hydrogen-bond donors (Lipinski definition) is 0. The molecule has 0 saturated heterocycles. The van der Waals surface area contributed by atoms with E-state index in [9.17, 15) is 14.4 Å². The summed E-state index contributed by atoms with van der Waals surface area (Å²) >= 11 is 0. The Labute approximate surface area is 147 Å². The van der Waals surface area contributed by atoms with Crippen LogP contribution >= 0.6 is 0 Å². The third-order valence-electron chi connectivity index (χ3n) is 3.79. The Morgan fingerprint density at radius 2 is 2.08 bits per heavy atom. The number of rotatable bonds is 5. The standard InChI is InChI=1S/C17H16N2O7/c1-4-24-16(21)11-9(2)26-14-12(11)15(20)19(8-18-14)7-10-5-6-25-13(10)17(22)23-3/h5-6,8H,4,7H2,1-3H3. The van der Waals surface area contributed by atoms with Crippen LogP contribution in [0.15, 0.2) is 32.3 Å². The summed E-state index contributed by atoms with van der Waals surface area (Å²) in [5, 5.41) is 0.0339. The normalized spacial score (nSPS) is 10.9. The number of methoxy groups -OCH3 is 1. The summed E-state index contributed by atoms with van der Waals surface area (Å²) in [5.41, 5.74) is 0.0474. The molecule has 0 aromatic carbocycles. The van der Waals surface area contributed by atoms with Crippen molar-refractivity contribution in [3.63, 3.8) is 0 Å². The van der Waals surface area contributed by atoms with Crippen molar-refractivity contribution < 1.29 is 27.9 Å². The Morgan fingerprint density at radius 1 is 1.31 bits per heavy atom. The highest BCUT2D eigenvalue weighted by atomic mass is 16.5. The smallest absolute Gasteiger partial charge is 0.374 e. The van der Waals surface area contributed by atoms with E-state index < -0.39 is 17.5 Å². The summed E-state index contributed by atoms with van der Waals surface area (Å²) in [6, 6.07) is 1.55. The molecule has 0 unspecified atom stereocenters. The number of aromatic nitrogens is 2. The SMILES string of the molecule is CCOC(=O)c1c(C)oc2ncn(Cc3ccoc3C(=O)OC)c(=O)c12. The molecule has 0 amide bonds. The number of ether oxygens (including phenoxy) is 2. The molecule has 0 atom stereocenters. The van der Waals surface area contributed by atoms with Crippen LogP contribution in [-0.4, -0.2) is 35.2 Å². The van der Waals surface area contributed by atoms with Gasteiger partial charge in [0.25, 0.3) is 5.56 Å². The van der Waals surface area contributed by atoms with Crippen LogP contribution in [-0.2, 0) is 16.0 Å². The largest absolute Gasteiger partial charge is 0.463 e. The molecule has 26 heavy (non-hydrogen) atoms. The van der Waals surface area contributed by atoms with Crippen molar-refractivity contribution in [2.24, 2.45) is 0 Å². The van der Waals surface area contributed by atoms with Gasteiger partial charge in [0.05, 0.1) is 26.5 Å². The van der Waals surface area contributed by atoms with Crippen LogP contribution in [0.25, 0.3) is 11.1 Å². The summed E-state index contributed by atoms with van der Waals surface area (Å²) in [4.78, 5) is 40.8. The van der Waals surface area contributed by atoms with Gasteiger partial charge in [-0.2, -0.15) is 0 Å². The molecule has 0 aliphatic heterocycles. The van der Waals surface area contributed by atoms with Gasteiger partial charge in [-0.15, -0.1) is 0 Å². The van der Waals surface area contributed by atoms with Gasteiger partial charge < -0.3 is 18.3 Å². The van der Waals surface area contributed by atoms with Gasteiger partial charge >= 0.3 is 11.9 Å². The van der Waals surface area contributed by atoms with Gasteiger partial charge in [0.1, 0.15) is 23.0 Å². The molecular weight excluding hydrogens is 344 g/mol. The van der Waals surface area contributed by atoms with Crippen LogP contribution in [0.3, 0.4) is 0 Å². The Kier molecular flexibility index (Phi) is 4.61. The first kappa shape index (κ1) is 17.5. The molecule has 0 aliphatic carbocycles. The molecule has 9 heteroatoms. The molecule has 0 radical (unpaired) electrons. The van der Waals surface area contributed by atoms with Crippen LogP contribution in [0, 0.1) is 6.92 Å². The number of fused-ring (bicyclic) bond motifs is 1. The number of esters is 2. The Balaban J connectivity index is 2.09. The first-order chi connectivity index (χ1) is 12.5. The van der Waals surface area contributed by atoms with Gasteiger partial charge in [0.15, 0.2) is 0 Å². The topological polar surface area (TPSA) is 114 Å². The van der Waals surface area contributed by atoms with E-state index >= 15 is 0 Å². The quantitative estimate of drug-likeness (QED) is 0.634. The van der Waals surface area contributed by atoms with Crippen molar-refractivity contribution in [1.29, 1.82) is 0 Å². The summed E-state index contributed by atoms with van der Waals surface area (Å²) < 4.78 is 21.4. The van der Waals surface area contributed by atoms with E-state index in [4.69, 9.17) is 13.6 Å². The van der Waals surface area contributed by atoms with Gasteiger partial charge in [0, 0.05) is 5.56 Å². The maximum absolute atomic E-state index is 12.9. The summed E-state index contributed by atoms with van der Waals surface area (Å²) in [7, 11) is 1.23. The second-order valence-corrected chi connectivity index (χ2v) is 5.38. The highest BCUT2D eigenvalue weighted by molar-refractivity contribution is 6.03. The number of furan rings is 2. The van der Waals surface area contributed by atoms with Crippen molar-refractivity contribution in [2.45, 2.75) is 20.4 Å². The Bertz CT molecular complexity index is 1040. The van der Waals surface area contributed by atoms with E-state index in [0.717, 1.165) is 0 Å². The van der Waals surface area contributed by atoms with Gasteiger partial charge in [-0.1, -0.05) is 0 Å². The summed E-state index contributed by atoms with van der Waals surface area (Å²) in [6.07, 6.45) is 2.60. The zero-order valence-electron chi connectivity index (χ0n) is 14.4. The van der Waals surface area contributed by atoms with E-state index in [2.05, 4.69) is 9.72 Å². The third kappa shape index (κ3) is 2.87. The lowest BCUT2D eigenvalue weighted by molar-refractivity contribution is 0.0524. The Hall–Kier alpha value is -3.36. The van der Waals surface area contributed by atoms with Gasteiger partial charge in [0.2, 0.25) is 11.5 Å². The molecule has 136 valence electrons. The minimum Gasteiger partial charge on any atom is -0.463 e. The summed E-state index contributed by atoms with van der Waals surface area (Å²) in [5.74, 6) is -1.06. The maximum atomic E-state index is 12.9. The average molecular weight is 360 g/mol. The van der Waals surface area contributed by atoms with Crippen LogP contribution in [0.5, 0.6) is 0 Å². The number of nitrogens with zero attached hydrogens (tertiary/aromatic N) is 2. The van der Waals surface area contributed by atoms with E-state index in [0.29, 0.717) is 5.56 Å². The number of carbonyl (C=O) groups excluding carboxylic acids is 2. The lowest BCUT2D eigenvalue weighted by atomic mass is 10.2. The monoisotopic (exact) mass is 360 g/mol. The van der Waals surface area contributed by atoms with Gasteiger partial charge in [-0.25, -0.2) is 14.6 Å². The van der Waals surface area contributed by atoms with E-state index in [1.165, 1.54) is 24.3 Å². The molecule has 0 aliphatic rings. The molecular formula is C17H16N2O7. The van der Waals surface area contributed by atoms with E-state index in [1.807, 2.05) is 0 Å². The number of hydrogen-bond acceptors (Lipinski definition) is 8. The maximum Gasteiger partial charge on any atom is 0.374 e. The van der Waals surface area contributed by atoms with E-state index in [1.54, 1.807) is 19.9 Å². The fourth-order valence-corrected chi connectivity index (χ4v) is 2.61. The molecule has 0 N–H and O–H groups in total. The van der Waals surface area contributed by atoms with Gasteiger partial charge in [-0.3, -0.25) is 9.36 Å². The second-order valence-electron chi connectivity index (χ2n) is 5.38. The van der Waals surface area contributed by atoms with Crippen molar-refractivity contribution in [1.82, 2.24) is 9.55 Å². The predicted octanol–water partition coefficient (Wildman–Crippen LogP) is 1.90. The molecule has 3 heterocycles. The number of aryl methyl sites for hydroxylation is 1. The van der Waals surface area contributed by atoms with Crippen LogP contribution in [0.1, 0.15) is 39.2 Å². The molecule has 9 nitrogen and oxygen atoms in total. The fraction of sp³-hybridized carbons (Fsp3) is 0.294. The molecule has 0 bridgehead atoms. The molecule has 0 spiro atoms. The van der Waals surface area contributed by atoms with Crippen molar-refractivity contribution in [2.75, 3.05) is 13.7 Å². The minimum absolute atomic E-state index is 0.00603. The highest BCUT2D eigenvalue weighted by Gasteiger charge is 2.24. The first-order valence-electron chi connectivity index (χ1n) is 7.78. The third-order valence-corrected chi connectivity index (χ3v) is 3.79.